The fourth-order valence-electron chi connectivity index (χ4n) is 4.64. The number of amides is 3. The van der Waals surface area contributed by atoms with Crippen LogP contribution in [0.5, 0.6) is 5.75 Å². The number of methoxy groups -OCH3 is 1. The van der Waals surface area contributed by atoms with Crippen molar-refractivity contribution in [2.24, 2.45) is 0 Å². The highest BCUT2D eigenvalue weighted by atomic mass is 16.5. The molecule has 0 fully saturated rings. The molecule has 1 unspecified atom stereocenters. The molecule has 8 nitrogen and oxygen atoms in total. The third kappa shape index (κ3) is 9.74. The smallest absolute Gasteiger partial charge is 0.407 e. The summed E-state index contributed by atoms with van der Waals surface area (Å²) in [6.45, 7) is 0.742. The molecule has 0 spiro atoms. The zero-order chi connectivity index (χ0) is 30.3. The Kier molecular flexibility index (Phi) is 11.7. The molecule has 3 N–H and O–H groups in total. The van der Waals surface area contributed by atoms with E-state index >= 15 is 0 Å². The molecule has 0 heterocycles. The van der Waals surface area contributed by atoms with Crippen LogP contribution in [0.25, 0.3) is 0 Å². The molecule has 43 heavy (non-hydrogen) atoms. The van der Waals surface area contributed by atoms with Crippen LogP contribution in [-0.2, 0) is 27.5 Å². The van der Waals surface area contributed by atoms with Crippen LogP contribution < -0.4 is 20.7 Å². The van der Waals surface area contributed by atoms with E-state index in [0.29, 0.717) is 19.4 Å². The van der Waals surface area contributed by atoms with Crippen LogP contribution in [-0.4, -0.2) is 37.6 Å². The lowest BCUT2D eigenvalue weighted by Gasteiger charge is -2.23. The van der Waals surface area contributed by atoms with Gasteiger partial charge in [-0.05, 0) is 47.2 Å². The van der Waals surface area contributed by atoms with Gasteiger partial charge in [-0.2, -0.15) is 0 Å². The van der Waals surface area contributed by atoms with E-state index in [2.05, 4.69) is 16.0 Å². The maximum absolute atomic E-state index is 13.8. The molecule has 0 bridgehead atoms. The summed E-state index contributed by atoms with van der Waals surface area (Å²) < 4.78 is 10.5. The first-order valence-corrected chi connectivity index (χ1v) is 14.3. The molecule has 4 aromatic carbocycles. The number of ether oxygens (including phenoxy) is 2. The topological polar surface area (TPSA) is 106 Å². The van der Waals surface area contributed by atoms with Crippen LogP contribution in [0.1, 0.15) is 41.0 Å². The van der Waals surface area contributed by atoms with Crippen molar-refractivity contribution in [1.29, 1.82) is 0 Å². The van der Waals surface area contributed by atoms with Gasteiger partial charge in [0, 0.05) is 13.1 Å². The lowest BCUT2D eigenvalue weighted by molar-refractivity contribution is -0.129. The van der Waals surface area contributed by atoms with E-state index in [1.807, 2.05) is 115 Å². The summed E-state index contributed by atoms with van der Waals surface area (Å²) in [5, 5.41) is 8.66. The first-order valence-electron chi connectivity index (χ1n) is 14.3. The summed E-state index contributed by atoms with van der Waals surface area (Å²) in [5.41, 5.74) is 3.44. The van der Waals surface area contributed by atoms with Gasteiger partial charge in [-0.15, -0.1) is 0 Å². The molecular formula is C35H37N3O5. The van der Waals surface area contributed by atoms with Gasteiger partial charge < -0.3 is 25.4 Å². The first-order chi connectivity index (χ1) is 21.0. The van der Waals surface area contributed by atoms with E-state index in [1.165, 1.54) is 0 Å². The van der Waals surface area contributed by atoms with Crippen molar-refractivity contribution in [2.75, 3.05) is 13.7 Å². The van der Waals surface area contributed by atoms with Crippen LogP contribution in [0.15, 0.2) is 115 Å². The number of rotatable bonds is 14. The zero-order valence-electron chi connectivity index (χ0n) is 24.2. The van der Waals surface area contributed by atoms with E-state index in [1.54, 1.807) is 7.11 Å². The van der Waals surface area contributed by atoms with Gasteiger partial charge in [0.1, 0.15) is 18.4 Å². The lowest BCUT2D eigenvalue weighted by atomic mass is 9.90. The van der Waals surface area contributed by atoms with E-state index in [4.69, 9.17) is 9.47 Å². The molecule has 8 heteroatoms. The lowest BCUT2D eigenvalue weighted by Crippen LogP contribution is -2.48. The van der Waals surface area contributed by atoms with Gasteiger partial charge in [0.05, 0.1) is 13.0 Å². The molecule has 0 aliphatic carbocycles. The van der Waals surface area contributed by atoms with Gasteiger partial charge in [0.25, 0.3) is 0 Å². The van der Waals surface area contributed by atoms with Crippen molar-refractivity contribution in [1.82, 2.24) is 16.0 Å². The highest BCUT2D eigenvalue weighted by molar-refractivity contribution is 5.92. The normalized spacial score (nSPS) is 11.3. The Morgan fingerprint density at radius 1 is 0.674 bits per heavy atom. The average Bonchev–Trinajstić information content (AvgIpc) is 3.06. The Hall–Kier alpha value is -5.11. The number of alkyl carbamates (subject to hydrolysis) is 1. The quantitative estimate of drug-likeness (QED) is 0.175. The third-order valence-electron chi connectivity index (χ3n) is 6.94. The number of benzene rings is 4. The van der Waals surface area contributed by atoms with Gasteiger partial charge in [-0.1, -0.05) is 103 Å². The summed E-state index contributed by atoms with van der Waals surface area (Å²) in [7, 11) is 1.60. The predicted octanol–water partition coefficient (Wildman–Crippen LogP) is 5.33. The van der Waals surface area contributed by atoms with Crippen molar-refractivity contribution in [3.8, 4) is 5.75 Å². The molecule has 4 rings (SSSR count). The summed E-state index contributed by atoms with van der Waals surface area (Å²) >= 11 is 0. The molecule has 222 valence electrons. The second-order valence-corrected chi connectivity index (χ2v) is 10.0. The minimum absolute atomic E-state index is 0.166. The second-order valence-electron chi connectivity index (χ2n) is 10.0. The van der Waals surface area contributed by atoms with Crippen molar-refractivity contribution in [3.05, 3.63) is 138 Å². The molecule has 0 saturated carbocycles. The number of nitrogens with one attached hydrogen (secondary N) is 3. The van der Waals surface area contributed by atoms with Crippen LogP contribution in [0.2, 0.25) is 0 Å². The van der Waals surface area contributed by atoms with Gasteiger partial charge in [-0.25, -0.2) is 4.79 Å². The minimum Gasteiger partial charge on any atom is -0.497 e. The van der Waals surface area contributed by atoms with Crippen molar-refractivity contribution >= 4 is 17.9 Å². The molecule has 0 saturated heterocycles. The van der Waals surface area contributed by atoms with Gasteiger partial charge in [0.15, 0.2) is 0 Å². The van der Waals surface area contributed by atoms with Crippen molar-refractivity contribution in [2.45, 2.75) is 38.0 Å². The summed E-state index contributed by atoms with van der Waals surface area (Å²) in [4.78, 5) is 39.4. The Morgan fingerprint density at radius 3 is 1.84 bits per heavy atom. The van der Waals surface area contributed by atoms with Crippen LogP contribution in [0, 0.1) is 0 Å². The van der Waals surface area contributed by atoms with E-state index in [-0.39, 0.29) is 25.0 Å². The fraction of sp³-hybridized carbons (Fsp3) is 0.229. The fourth-order valence-corrected chi connectivity index (χ4v) is 4.64. The number of hydrogen-bond acceptors (Lipinski definition) is 5. The SMILES string of the molecule is COc1ccc(CNC(=O)C(CCCNC(=O)OCc2ccccc2)NC(=O)C(c2ccccc2)c2ccccc2)cc1. The number of carbonyl (C=O) groups is 3. The minimum atomic E-state index is -0.817. The largest absolute Gasteiger partial charge is 0.497 e. The van der Waals surface area contributed by atoms with Crippen molar-refractivity contribution in [3.63, 3.8) is 0 Å². The zero-order valence-corrected chi connectivity index (χ0v) is 24.2. The van der Waals surface area contributed by atoms with Gasteiger partial charge in [0.2, 0.25) is 11.8 Å². The third-order valence-corrected chi connectivity index (χ3v) is 6.94. The van der Waals surface area contributed by atoms with Gasteiger partial charge >= 0.3 is 6.09 Å². The van der Waals surface area contributed by atoms with Crippen molar-refractivity contribution < 1.29 is 23.9 Å². The Bertz CT molecular complexity index is 1390. The molecule has 4 aromatic rings. The summed E-state index contributed by atoms with van der Waals surface area (Å²) in [5.74, 6) is -0.457. The molecule has 0 aliphatic rings. The molecule has 0 radical (unpaired) electrons. The highest BCUT2D eigenvalue weighted by Gasteiger charge is 2.27. The maximum Gasteiger partial charge on any atom is 0.407 e. The van der Waals surface area contributed by atoms with Crippen LogP contribution >= 0.6 is 0 Å². The Labute approximate surface area is 252 Å². The van der Waals surface area contributed by atoms with E-state index in [0.717, 1.165) is 28.0 Å². The molecule has 1 atom stereocenters. The molecule has 0 aliphatic heterocycles. The average molecular weight is 580 g/mol. The van der Waals surface area contributed by atoms with E-state index in [9.17, 15) is 14.4 Å². The molecule has 0 aromatic heterocycles. The predicted molar refractivity (Wildman–Crippen MR) is 165 cm³/mol. The standard InChI is InChI=1S/C35H37N3O5/c1-42-30-21-19-26(20-22-30)24-37-33(39)31(18-11-23-36-35(41)43-25-27-12-5-2-6-13-27)38-34(40)32(28-14-7-3-8-15-28)29-16-9-4-10-17-29/h2-10,12-17,19-22,31-32H,11,18,23-25H2,1H3,(H,36,41)(H,37,39)(H,38,40). The van der Waals surface area contributed by atoms with E-state index < -0.39 is 18.1 Å². The van der Waals surface area contributed by atoms with Crippen LogP contribution in [0.4, 0.5) is 4.79 Å². The summed E-state index contributed by atoms with van der Waals surface area (Å²) in [6, 6.07) is 35.0. The van der Waals surface area contributed by atoms with Crippen LogP contribution in [0.3, 0.4) is 0 Å². The second kappa shape index (κ2) is 16.4. The van der Waals surface area contributed by atoms with Gasteiger partial charge in [-0.3, -0.25) is 9.59 Å². The number of hydrogen-bond donors (Lipinski definition) is 3. The Morgan fingerprint density at radius 2 is 1.26 bits per heavy atom. The molecular weight excluding hydrogens is 542 g/mol. The maximum atomic E-state index is 13.8. The monoisotopic (exact) mass is 579 g/mol. The Balaban J connectivity index is 1.40. The number of carbonyl (C=O) groups excluding carboxylic acids is 3. The first kappa shape index (κ1) is 30.8. The molecule has 3 amide bonds. The highest BCUT2D eigenvalue weighted by Crippen LogP contribution is 2.25. The summed E-state index contributed by atoms with van der Waals surface area (Å²) in [6.07, 6.45) is 0.222.